The van der Waals surface area contributed by atoms with Crippen LogP contribution in [0.3, 0.4) is 0 Å². The summed E-state index contributed by atoms with van der Waals surface area (Å²) in [5.41, 5.74) is -0.287. The van der Waals surface area contributed by atoms with E-state index in [2.05, 4.69) is 5.32 Å². The van der Waals surface area contributed by atoms with Crippen LogP contribution in [0.25, 0.3) is 0 Å². The second kappa shape index (κ2) is 4.39. The van der Waals surface area contributed by atoms with Gasteiger partial charge in [0.1, 0.15) is 0 Å². The molecule has 0 spiro atoms. The molecule has 3 atom stereocenters. The lowest BCUT2D eigenvalue weighted by molar-refractivity contribution is 0.0785. The van der Waals surface area contributed by atoms with Gasteiger partial charge in [-0.05, 0) is 27.2 Å². The average Bonchev–Trinajstić information content (AvgIpc) is 2.39. The third-order valence-corrected chi connectivity index (χ3v) is 5.06. The highest BCUT2D eigenvalue weighted by Gasteiger charge is 2.39. The molecule has 0 aromatic carbocycles. The molecule has 1 heterocycles. The van der Waals surface area contributed by atoms with Gasteiger partial charge in [0.25, 0.3) is 0 Å². The first-order valence-corrected chi connectivity index (χ1v) is 7.11. The van der Waals surface area contributed by atoms with E-state index in [1.807, 2.05) is 20.8 Å². The molecule has 5 heteroatoms. The van der Waals surface area contributed by atoms with Gasteiger partial charge in [0.05, 0.1) is 17.6 Å². The predicted octanol–water partition coefficient (Wildman–Crippen LogP) is 0.577. The molecule has 1 aliphatic rings. The summed E-state index contributed by atoms with van der Waals surface area (Å²) in [6.07, 6.45) is 0.779. The van der Waals surface area contributed by atoms with Gasteiger partial charge in [0.15, 0.2) is 9.84 Å². The minimum atomic E-state index is -2.84. The number of rotatable bonds is 4. The summed E-state index contributed by atoms with van der Waals surface area (Å²) in [5, 5.41) is 3.36. The van der Waals surface area contributed by atoms with Crippen LogP contribution < -0.4 is 5.32 Å². The van der Waals surface area contributed by atoms with E-state index in [1.54, 1.807) is 7.11 Å². The third kappa shape index (κ3) is 3.43. The van der Waals surface area contributed by atoms with Gasteiger partial charge in [-0.25, -0.2) is 8.42 Å². The maximum absolute atomic E-state index is 11.4. The van der Waals surface area contributed by atoms with Crippen molar-refractivity contribution in [1.29, 1.82) is 0 Å². The van der Waals surface area contributed by atoms with Gasteiger partial charge < -0.3 is 10.1 Å². The molecular formula is C10H21NO3S. The summed E-state index contributed by atoms with van der Waals surface area (Å²) in [6.45, 7) is 5.96. The van der Waals surface area contributed by atoms with E-state index in [4.69, 9.17) is 4.74 Å². The lowest BCUT2D eigenvalue weighted by Gasteiger charge is -2.31. The van der Waals surface area contributed by atoms with Crippen LogP contribution in [-0.4, -0.2) is 44.7 Å². The molecule has 0 bridgehead atoms. The Kier molecular flexibility index (Phi) is 3.79. The molecule has 90 valence electrons. The Hall–Kier alpha value is -0.130. The van der Waals surface area contributed by atoms with Crippen LogP contribution in [-0.2, 0) is 14.6 Å². The molecule has 1 aliphatic heterocycles. The van der Waals surface area contributed by atoms with Gasteiger partial charge in [-0.3, -0.25) is 0 Å². The highest BCUT2D eigenvalue weighted by Crippen LogP contribution is 2.23. The molecule has 0 aromatic heterocycles. The van der Waals surface area contributed by atoms with Crippen LogP contribution in [0.1, 0.15) is 27.2 Å². The fourth-order valence-electron chi connectivity index (χ4n) is 2.00. The normalized spacial score (nSPS) is 33.9. The van der Waals surface area contributed by atoms with E-state index >= 15 is 0 Å². The molecule has 0 aromatic rings. The van der Waals surface area contributed by atoms with E-state index < -0.39 is 9.84 Å². The van der Waals surface area contributed by atoms with Gasteiger partial charge in [0.2, 0.25) is 0 Å². The Morgan fingerprint density at radius 2 is 2.00 bits per heavy atom. The Morgan fingerprint density at radius 3 is 2.40 bits per heavy atom. The van der Waals surface area contributed by atoms with E-state index in [0.717, 1.165) is 0 Å². The van der Waals surface area contributed by atoms with Crippen molar-refractivity contribution >= 4 is 9.84 Å². The van der Waals surface area contributed by atoms with Crippen molar-refractivity contribution in [2.75, 3.05) is 18.6 Å². The zero-order chi connectivity index (χ0) is 11.7. The topological polar surface area (TPSA) is 55.4 Å². The predicted molar refractivity (Wildman–Crippen MR) is 60.7 cm³/mol. The van der Waals surface area contributed by atoms with Crippen molar-refractivity contribution in [2.24, 2.45) is 0 Å². The molecule has 1 fully saturated rings. The van der Waals surface area contributed by atoms with Gasteiger partial charge >= 0.3 is 0 Å². The van der Waals surface area contributed by atoms with E-state index in [0.29, 0.717) is 12.2 Å². The summed E-state index contributed by atoms with van der Waals surface area (Å²) in [5.74, 6) is 0.533. The van der Waals surface area contributed by atoms with Crippen LogP contribution in [0, 0.1) is 0 Å². The van der Waals surface area contributed by atoms with E-state index in [1.165, 1.54) is 0 Å². The third-order valence-electron chi connectivity index (χ3n) is 3.16. The largest absolute Gasteiger partial charge is 0.380 e. The van der Waals surface area contributed by atoms with E-state index in [9.17, 15) is 8.42 Å². The van der Waals surface area contributed by atoms with Crippen molar-refractivity contribution in [3.63, 3.8) is 0 Å². The quantitative estimate of drug-likeness (QED) is 0.774. The van der Waals surface area contributed by atoms with Crippen LogP contribution in [0.4, 0.5) is 0 Å². The molecule has 15 heavy (non-hydrogen) atoms. The Morgan fingerprint density at radius 1 is 1.40 bits per heavy atom. The maximum Gasteiger partial charge on any atom is 0.152 e. The molecule has 0 radical (unpaired) electrons. The summed E-state index contributed by atoms with van der Waals surface area (Å²) in [7, 11) is -1.17. The Bertz CT molecular complexity index is 315. The standard InChI is InChI=1S/C10H21NO3S/c1-8(9(2)14-4)11-10(3)5-6-15(12,13)7-10/h8-9,11H,5-7H2,1-4H3. The minimum absolute atomic E-state index is 0.0881. The number of ether oxygens (including phenoxy) is 1. The van der Waals surface area contributed by atoms with Crippen LogP contribution >= 0.6 is 0 Å². The number of hydrogen-bond acceptors (Lipinski definition) is 4. The molecule has 0 saturated carbocycles. The second-order valence-electron chi connectivity index (χ2n) is 4.78. The lowest BCUT2D eigenvalue weighted by atomic mass is 10.00. The molecule has 0 amide bonds. The van der Waals surface area contributed by atoms with Gasteiger partial charge in [-0.1, -0.05) is 0 Å². The first-order valence-electron chi connectivity index (χ1n) is 5.29. The first kappa shape index (κ1) is 12.9. The highest BCUT2D eigenvalue weighted by molar-refractivity contribution is 7.91. The number of methoxy groups -OCH3 is 1. The molecule has 1 N–H and O–H groups in total. The van der Waals surface area contributed by atoms with Crippen molar-refractivity contribution < 1.29 is 13.2 Å². The zero-order valence-corrected chi connectivity index (χ0v) is 10.7. The number of hydrogen-bond donors (Lipinski definition) is 1. The lowest BCUT2D eigenvalue weighted by Crippen LogP contribution is -2.51. The highest BCUT2D eigenvalue weighted by atomic mass is 32.2. The number of sulfone groups is 1. The summed E-state index contributed by atoms with van der Waals surface area (Å²) in [6, 6.07) is 0.160. The fraction of sp³-hybridized carbons (Fsp3) is 1.00. The monoisotopic (exact) mass is 235 g/mol. The zero-order valence-electron chi connectivity index (χ0n) is 9.91. The maximum atomic E-state index is 11.4. The molecule has 1 rings (SSSR count). The molecule has 4 nitrogen and oxygen atoms in total. The smallest absolute Gasteiger partial charge is 0.152 e. The van der Waals surface area contributed by atoms with Crippen molar-refractivity contribution in [2.45, 2.75) is 44.9 Å². The van der Waals surface area contributed by atoms with Crippen molar-refractivity contribution in [1.82, 2.24) is 5.32 Å². The minimum Gasteiger partial charge on any atom is -0.380 e. The number of nitrogens with one attached hydrogen (secondary N) is 1. The van der Waals surface area contributed by atoms with Crippen molar-refractivity contribution in [3.8, 4) is 0 Å². The van der Waals surface area contributed by atoms with Crippen molar-refractivity contribution in [3.05, 3.63) is 0 Å². The Labute approximate surface area is 92.3 Å². The van der Waals surface area contributed by atoms with E-state index in [-0.39, 0.29) is 23.4 Å². The van der Waals surface area contributed by atoms with Crippen LogP contribution in [0.5, 0.6) is 0 Å². The average molecular weight is 235 g/mol. The van der Waals surface area contributed by atoms with Gasteiger partial charge in [0, 0.05) is 18.7 Å². The van der Waals surface area contributed by atoms with Crippen LogP contribution in [0.2, 0.25) is 0 Å². The molecule has 0 aliphatic carbocycles. The summed E-state index contributed by atoms with van der Waals surface area (Å²) >= 11 is 0. The fourth-order valence-corrected chi connectivity index (χ4v) is 4.10. The van der Waals surface area contributed by atoms with Crippen LogP contribution in [0.15, 0.2) is 0 Å². The molecule has 1 saturated heterocycles. The SMILES string of the molecule is COC(C)C(C)NC1(C)CCS(=O)(=O)C1. The first-order chi connectivity index (χ1) is 6.78. The van der Waals surface area contributed by atoms with Gasteiger partial charge in [-0.15, -0.1) is 0 Å². The molecular weight excluding hydrogens is 214 g/mol. The summed E-state index contributed by atoms with van der Waals surface area (Å²) < 4.78 is 28.0. The second-order valence-corrected chi connectivity index (χ2v) is 6.96. The van der Waals surface area contributed by atoms with Gasteiger partial charge in [-0.2, -0.15) is 0 Å². The Balaban J connectivity index is 2.59. The summed E-state index contributed by atoms with van der Waals surface area (Å²) in [4.78, 5) is 0. The molecule has 3 unspecified atom stereocenters.